The van der Waals surface area contributed by atoms with E-state index in [1.54, 1.807) is 33.0 Å². The third kappa shape index (κ3) is 4.02. The van der Waals surface area contributed by atoms with Crippen molar-refractivity contribution in [2.24, 2.45) is 0 Å². The van der Waals surface area contributed by atoms with Crippen LogP contribution >= 0.6 is 0 Å². The molecule has 0 unspecified atom stereocenters. The Bertz CT molecular complexity index is 753. The maximum Gasteiger partial charge on any atom is 0.344 e. The lowest BCUT2D eigenvalue weighted by Crippen LogP contribution is -2.44. The minimum Gasteiger partial charge on any atom is -0.452 e. The predicted octanol–water partition coefficient (Wildman–Crippen LogP) is 0.429. The number of urea groups is 1. The number of imide groups is 1. The predicted molar refractivity (Wildman–Crippen MR) is 79.8 cm³/mol. The molecule has 2 heterocycles. The van der Waals surface area contributed by atoms with E-state index in [1.165, 1.54) is 10.7 Å². The SMILES string of the molecule is Cc1nn2cccnc2c1C(=O)OCC(=O)NC(=O)NC(C)C. The van der Waals surface area contributed by atoms with E-state index in [-0.39, 0.29) is 11.6 Å². The van der Waals surface area contributed by atoms with E-state index in [1.807, 2.05) is 0 Å². The molecule has 0 aliphatic heterocycles. The molecule has 0 atom stereocenters. The van der Waals surface area contributed by atoms with Crippen molar-refractivity contribution in [2.45, 2.75) is 26.8 Å². The molecule has 0 bridgehead atoms. The van der Waals surface area contributed by atoms with Gasteiger partial charge < -0.3 is 10.1 Å². The summed E-state index contributed by atoms with van der Waals surface area (Å²) in [5, 5.41) is 8.68. The minimum absolute atomic E-state index is 0.113. The average molecular weight is 319 g/mol. The van der Waals surface area contributed by atoms with E-state index in [9.17, 15) is 14.4 Å². The molecule has 0 aromatic carbocycles. The number of carbonyl (C=O) groups is 3. The highest BCUT2D eigenvalue weighted by Crippen LogP contribution is 2.13. The van der Waals surface area contributed by atoms with Gasteiger partial charge in [0.25, 0.3) is 5.91 Å². The van der Waals surface area contributed by atoms with Crippen LogP contribution < -0.4 is 10.6 Å². The van der Waals surface area contributed by atoms with Crippen LogP contribution in [-0.4, -0.2) is 45.2 Å². The van der Waals surface area contributed by atoms with Crippen LogP contribution in [0.3, 0.4) is 0 Å². The Balaban J connectivity index is 1.98. The quantitative estimate of drug-likeness (QED) is 0.790. The van der Waals surface area contributed by atoms with Gasteiger partial charge in [0.05, 0.1) is 5.69 Å². The van der Waals surface area contributed by atoms with Gasteiger partial charge in [0, 0.05) is 18.4 Å². The lowest BCUT2D eigenvalue weighted by molar-refractivity contribution is -0.123. The van der Waals surface area contributed by atoms with E-state index >= 15 is 0 Å². The molecule has 0 aliphatic carbocycles. The smallest absolute Gasteiger partial charge is 0.344 e. The van der Waals surface area contributed by atoms with Gasteiger partial charge >= 0.3 is 12.0 Å². The number of amides is 3. The molecule has 0 saturated heterocycles. The lowest BCUT2D eigenvalue weighted by atomic mass is 10.2. The van der Waals surface area contributed by atoms with Crippen molar-refractivity contribution in [3.63, 3.8) is 0 Å². The van der Waals surface area contributed by atoms with Crippen molar-refractivity contribution in [2.75, 3.05) is 6.61 Å². The first-order valence-electron chi connectivity index (χ1n) is 6.96. The molecule has 0 spiro atoms. The summed E-state index contributed by atoms with van der Waals surface area (Å²) in [6, 6.07) is 0.919. The summed E-state index contributed by atoms with van der Waals surface area (Å²) in [5.74, 6) is -1.45. The molecule has 122 valence electrons. The van der Waals surface area contributed by atoms with Gasteiger partial charge in [-0.15, -0.1) is 0 Å². The fourth-order valence-corrected chi connectivity index (χ4v) is 1.90. The van der Waals surface area contributed by atoms with Crippen molar-refractivity contribution >= 4 is 23.6 Å². The summed E-state index contributed by atoms with van der Waals surface area (Å²) in [6.07, 6.45) is 3.17. The van der Waals surface area contributed by atoms with Crippen molar-refractivity contribution < 1.29 is 19.1 Å². The minimum atomic E-state index is -0.726. The summed E-state index contributed by atoms with van der Waals surface area (Å²) < 4.78 is 6.37. The van der Waals surface area contributed by atoms with Crippen LogP contribution in [0.15, 0.2) is 18.5 Å². The van der Waals surface area contributed by atoms with Gasteiger partial charge in [-0.25, -0.2) is 19.1 Å². The Kier molecular flexibility index (Phi) is 4.89. The zero-order valence-electron chi connectivity index (χ0n) is 13.0. The highest BCUT2D eigenvalue weighted by atomic mass is 16.5. The van der Waals surface area contributed by atoms with Crippen LogP contribution in [0.4, 0.5) is 4.79 Å². The molecule has 2 N–H and O–H groups in total. The molecule has 0 saturated carbocycles. The second-order valence-corrected chi connectivity index (χ2v) is 5.10. The molecule has 2 aromatic rings. The second kappa shape index (κ2) is 6.86. The third-order valence-electron chi connectivity index (χ3n) is 2.78. The van der Waals surface area contributed by atoms with Gasteiger partial charge in [-0.2, -0.15) is 5.10 Å². The molecule has 9 nitrogen and oxygen atoms in total. The summed E-state index contributed by atoms with van der Waals surface area (Å²) in [5.41, 5.74) is 0.963. The van der Waals surface area contributed by atoms with Crippen molar-refractivity contribution in [1.29, 1.82) is 0 Å². The number of fused-ring (bicyclic) bond motifs is 1. The zero-order chi connectivity index (χ0) is 17.0. The number of hydrogen-bond donors (Lipinski definition) is 2. The lowest BCUT2D eigenvalue weighted by Gasteiger charge is -2.09. The first-order chi connectivity index (χ1) is 10.9. The summed E-state index contributed by atoms with van der Waals surface area (Å²) >= 11 is 0. The van der Waals surface area contributed by atoms with E-state index in [0.29, 0.717) is 11.3 Å². The standard InChI is InChI=1S/C14H17N5O4/c1-8(2)16-14(22)17-10(20)7-23-13(21)11-9(3)18-19-6-4-5-15-12(11)19/h4-6,8H,7H2,1-3H3,(H2,16,17,20,22). The van der Waals surface area contributed by atoms with Gasteiger partial charge in [-0.1, -0.05) is 0 Å². The van der Waals surface area contributed by atoms with Crippen molar-refractivity contribution in [3.8, 4) is 0 Å². The monoisotopic (exact) mass is 319 g/mol. The number of ether oxygens (including phenoxy) is 1. The van der Waals surface area contributed by atoms with Gasteiger partial charge in [0.1, 0.15) is 5.56 Å². The number of aromatic nitrogens is 3. The van der Waals surface area contributed by atoms with Crippen molar-refractivity contribution in [3.05, 3.63) is 29.7 Å². The van der Waals surface area contributed by atoms with Gasteiger partial charge in [-0.05, 0) is 26.8 Å². The van der Waals surface area contributed by atoms with Crippen LogP contribution in [0.5, 0.6) is 0 Å². The molecular formula is C14H17N5O4. The number of esters is 1. The maximum absolute atomic E-state index is 12.1. The fourth-order valence-electron chi connectivity index (χ4n) is 1.90. The Morgan fingerprint density at radius 1 is 1.35 bits per heavy atom. The van der Waals surface area contributed by atoms with Gasteiger partial charge in [-0.3, -0.25) is 10.1 Å². The van der Waals surface area contributed by atoms with Crippen LogP contribution in [0.1, 0.15) is 29.9 Å². The molecule has 0 radical (unpaired) electrons. The highest BCUT2D eigenvalue weighted by molar-refractivity contribution is 5.99. The zero-order valence-corrected chi connectivity index (χ0v) is 13.0. The number of nitrogens with one attached hydrogen (secondary N) is 2. The van der Waals surface area contributed by atoms with E-state index in [2.05, 4.69) is 20.7 Å². The fraction of sp³-hybridized carbons (Fsp3) is 0.357. The molecule has 0 aliphatic rings. The van der Waals surface area contributed by atoms with E-state index in [4.69, 9.17) is 4.74 Å². The average Bonchev–Trinajstić information content (AvgIpc) is 2.79. The van der Waals surface area contributed by atoms with Gasteiger partial charge in [0.15, 0.2) is 12.3 Å². The Labute approximate surface area is 132 Å². The molecule has 9 heteroatoms. The molecular weight excluding hydrogens is 302 g/mol. The first kappa shape index (κ1) is 16.4. The van der Waals surface area contributed by atoms with E-state index in [0.717, 1.165) is 0 Å². The number of rotatable bonds is 4. The highest BCUT2D eigenvalue weighted by Gasteiger charge is 2.20. The Hall–Kier alpha value is -2.97. The van der Waals surface area contributed by atoms with Crippen LogP contribution in [0.2, 0.25) is 0 Å². The molecule has 3 amide bonds. The second-order valence-electron chi connectivity index (χ2n) is 5.10. The normalized spacial score (nSPS) is 10.6. The van der Waals surface area contributed by atoms with Gasteiger partial charge in [0.2, 0.25) is 0 Å². The Morgan fingerprint density at radius 3 is 2.78 bits per heavy atom. The van der Waals surface area contributed by atoms with E-state index < -0.39 is 24.5 Å². The Morgan fingerprint density at radius 2 is 2.09 bits per heavy atom. The van der Waals surface area contributed by atoms with Crippen LogP contribution in [-0.2, 0) is 9.53 Å². The van der Waals surface area contributed by atoms with Crippen LogP contribution in [0, 0.1) is 6.92 Å². The summed E-state index contributed by atoms with van der Waals surface area (Å²) in [4.78, 5) is 39.1. The third-order valence-corrected chi connectivity index (χ3v) is 2.78. The molecule has 2 rings (SSSR count). The molecule has 0 fully saturated rings. The number of carbonyl (C=O) groups excluding carboxylic acids is 3. The van der Waals surface area contributed by atoms with Crippen molar-refractivity contribution in [1.82, 2.24) is 25.2 Å². The first-order valence-corrected chi connectivity index (χ1v) is 6.96. The molecule has 2 aromatic heterocycles. The molecule has 23 heavy (non-hydrogen) atoms. The van der Waals surface area contributed by atoms with Crippen LogP contribution in [0.25, 0.3) is 5.65 Å². The summed E-state index contributed by atoms with van der Waals surface area (Å²) in [7, 11) is 0. The maximum atomic E-state index is 12.1. The topological polar surface area (TPSA) is 115 Å². The number of nitrogens with zero attached hydrogens (tertiary/aromatic N) is 3. The number of hydrogen-bond acceptors (Lipinski definition) is 6. The number of aryl methyl sites for hydroxylation is 1. The summed E-state index contributed by atoms with van der Waals surface area (Å²) in [6.45, 7) is 4.57. The largest absolute Gasteiger partial charge is 0.452 e.